The molecule has 9 heteroatoms. The summed E-state index contributed by atoms with van der Waals surface area (Å²) in [5.41, 5.74) is 0.628. The van der Waals surface area contributed by atoms with Crippen molar-refractivity contribution in [2.75, 3.05) is 7.11 Å². The predicted molar refractivity (Wildman–Crippen MR) is 166 cm³/mol. The Kier molecular flexibility index (Phi) is 8.32. The van der Waals surface area contributed by atoms with Crippen molar-refractivity contribution in [3.05, 3.63) is 99.7 Å². The van der Waals surface area contributed by atoms with Crippen LogP contribution >= 0.6 is 0 Å². The highest BCUT2D eigenvalue weighted by Gasteiger charge is 2.79. The number of esters is 1. The predicted octanol–water partition coefficient (Wildman–Crippen LogP) is 8.37. The van der Waals surface area contributed by atoms with Crippen molar-refractivity contribution in [3.63, 3.8) is 0 Å². The third-order valence-electron chi connectivity index (χ3n) is 11.0. The fourth-order valence-corrected chi connectivity index (χ4v) is 8.66. The third-order valence-corrected chi connectivity index (χ3v) is 11.0. The Labute approximate surface area is 270 Å². The van der Waals surface area contributed by atoms with E-state index in [1.165, 1.54) is 14.0 Å². The summed E-state index contributed by atoms with van der Waals surface area (Å²) in [6, 6.07) is 14.1. The minimum absolute atomic E-state index is 0.0354. The van der Waals surface area contributed by atoms with E-state index in [0.29, 0.717) is 36.8 Å². The summed E-state index contributed by atoms with van der Waals surface area (Å²) in [7, 11) is 1.31. The Morgan fingerprint density at radius 3 is 2.49 bits per heavy atom. The molecule has 0 radical (unpaired) electrons. The number of hydrogen-bond acceptors (Lipinski definition) is 4. The van der Waals surface area contributed by atoms with Crippen molar-refractivity contribution in [2.45, 2.75) is 75.5 Å². The minimum Gasteiger partial charge on any atom is -0.465 e. The molecule has 1 N–H and O–H groups in total. The van der Waals surface area contributed by atoms with Crippen LogP contribution in [0.4, 0.5) is 22.0 Å². The van der Waals surface area contributed by atoms with Gasteiger partial charge in [0.15, 0.2) is 5.78 Å². The summed E-state index contributed by atoms with van der Waals surface area (Å²) in [6.07, 6.45) is 0.449. The molecule has 0 aromatic heterocycles. The molecule has 2 saturated carbocycles. The Morgan fingerprint density at radius 1 is 1.04 bits per heavy atom. The van der Waals surface area contributed by atoms with Crippen molar-refractivity contribution in [3.8, 4) is 11.8 Å². The number of allylic oxidation sites excluding steroid dienone is 5. The molecule has 0 aliphatic heterocycles. The van der Waals surface area contributed by atoms with E-state index in [-0.39, 0.29) is 24.5 Å². The highest BCUT2D eigenvalue weighted by Crippen LogP contribution is 2.70. The fourth-order valence-electron chi connectivity index (χ4n) is 8.66. The first kappa shape index (κ1) is 32.9. The Balaban J connectivity index is 1.34. The standard InChI is InChI=1S/C38H35F5O4/c1-35-22-31(25-12-10-23(11-13-25)6-3-4-7-24-8-5-9-27(20-24)34(45)47-2)33-29-17-15-28(44)21-26(29)14-16-30(33)32(35)18-19-36(35,46)37(39,40)38(41,42)43/h4-5,7-13,20-21,30-32,46H,14-19,22H2,1-2H3/t30?,31-,32?,35+,36+/m1/s1. The topological polar surface area (TPSA) is 63.6 Å². The van der Waals surface area contributed by atoms with E-state index in [9.17, 15) is 27.9 Å². The van der Waals surface area contributed by atoms with Crippen molar-refractivity contribution in [1.29, 1.82) is 0 Å². The largest absolute Gasteiger partial charge is 0.465 e. The number of ketones is 1. The lowest BCUT2D eigenvalue weighted by molar-refractivity contribution is -0.362. The van der Waals surface area contributed by atoms with Gasteiger partial charge >= 0.3 is 18.1 Å². The van der Waals surface area contributed by atoms with Gasteiger partial charge in [0.1, 0.15) is 5.60 Å². The molecule has 0 bridgehead atoms. The van der Waals surface area contributed by atoms with Gasteiger partial charge in [0, 0.05) is 23.3 Å². The lowest BCUT2D eigenvalue weighted by atomic mass is 9.50. The molecule has 2 aromatic rings. The molecule has 0 saturated heterocycles. The van der Waals surface area contributed by atoms with Crippen LogP contribution in [0.1, 0.15) is 84.8 Å². The van der Waals surface area contributed by atoms with Crippen LogP contribution in [0.2, 0.25) is 0 Å². The number of hydrogen-bond donors (Lipinski definition) is 1. The average molecular weight is 651 g/mol. The number of benzene rings is 2. The van der Waals surface area contributed by atoms with Crippen LogP contribution in [0.25, 0.3) is 6.08 Å². The second-order valence-corrected chi connectivity index (χ2v) is 13.3. The van der Waals surface area contributed by atoms with Gasteiger partial charge in [0.2, 0.25) is 0 Å². The summed E-state index contributed by atoms with van der Waals surface area (Å²) in [5.74, 6) is -1.02. The molecule has 4 aliphatic carbocycles. The molecule has 2 aromatic carbocycles. The van der Waals surface area contributed by atoms with Crippen molar-refractivity contribution >= 4 is 17.8 Å². The maximum absolute atomic E-state index is 15.2. The lowest BCUT2D eigenvalue weighted by Gasteiger charge is -2.56. The quantitative estimate of drug-likeness (QED) is 0.205. The zero-order valence-corrected chi connectivity index (χ0v) is 26.1. The Morgan fingerprint density at radius 2 is 1.79 bits per heavy atom. The molecule has 0 heterocycles. The minimum atomic E-state index is -5.89. The van der Waals surface area contributed by atoms with E-state index < -0.39 is 47.3 Å². The number of alkyl halides is 5. The third kappa shape index (κ3) is 5.44. The van der Waals surface area contributed by atoms with E-state index >= 15 is 8.78 Å². The van der Waals surface area contributed by atoms with Crippen molar-refractivity contribution in [2.24, 2.45) is 17.3 Å². The summed E-state index contributed by atoms with van der Waals surface area (Å²) in [4.78, 5) is 24.1. The highest BCUT2D eigenvalue weighted by molar-refractivity contribution is 5.93. The van der Waals surface area contributed by atoms with Crippen LogP contribution in [0.3, 0.4) is 0 Å². The SMILES string of the molecule is COC(=O)c1cccc(C=CC#Cc2ccc([C@H]3C[C@@]4(C)C(CC[C@@]4(O)C(F)(F)C(F)(F)F)C4CCC5=CC(=O)CCC5=C43)cc2)c1. The van der Waals surface area contributed by atoms with Gasteiger partial charge in [-0.25, -0.2) is 4.79 Å². The number of carbonyl (C=O) groups excluding carboxylic acids is 2. The van der Waals surface area contributed by atoms with Crippen LogP contribution in [-0.2, 0) is 9.53 Å². The molecule has 4 aliphatic rings. The van der Waals surface area contributed by atoms with Gasteiger partial charge in [0.25, 0.3) is 0 Å². The molecule has 246 valence electrons. The van der Waals surface area contributed by atoms with Crippen molar-refractivity contribution < 1.29 is 41.4 Å². The van der Waals surface area contributed by atoms with Gasteiger partial charge in [-0.2, -0.15) is 22.0 Å². The summed E-state index contributed by atoms with van der Waals surface area (Å²) in [6.45, 7) is 1.42. The molecular formula is C38H35F5O4. The fraction of sp³-hybridized carbons (Fsp3) is 0.421. The average Bonchev–Trinajstić information content (AvgIpc) is 3.33. The van der Waals surface area contributed by atoms with Crippen LogP contribution in [0, 0.1) is 29.1 Å². The van der Waals surface area contributed by atoms with Gasteiger partial charge in [-0.05, 0) is 115 Å². The zero-order chi connectivity index (χ0) is 33.8. The van der Waals surface area contributed by atoms with Crippen LogP contribution in [-0.4, -0.2) is 41.7 Å². The highest BCUT2D eigenvalue weighted by atomic mass is 19.4. The normalized spacial score (nSPS) is 29.0. The van der Waals surface area contributed by atoms with E-state index in [1.54, 1.807) is 48.6 Å². The molecule has 0 amide bonds. The van der Waals surface area contributed by atoms with Gasteiger partial charge in [0.05, 0.1) is 12.7 Å². The number of carbonyl (C=O) groups is 2. The molecule has 2 unspecified atom stereocenters. The second-order valence-electron chi connectivity index (χ2n) is 13.3. The van der Waals surface area contributed by atoms with Gasteiger partial charge in [-0.3, -0.25) is 4.79 Å². The summed E-state index contributed by atoms with van der Waals surface area (Å²) in [5, 5.41) is 11.4. The first-order valence-electron chi connectivity index (χ1n) is 15.8. The smallest absolute Gasteiger partial charge is 0.456 e. The van der Waals surface area contributed by atoms with Gasteiger partial charge < -0.3 is 9.84 Å². The molecule has 5 atom stereocenters. The van der Waals surface area contributed by atoms with Crippen LogP contribution in [0.15, 0.2) is 77.4 Å². The van der Waals surface area contributed by atoms with Crippen LogP contribution in [0.5, 0.6) is 0 Å². The number of fused-ring (bicyclic) bond motifs is 4. The summed E-state index contributed by atoms with van der Waals surface area (Å²) >= 11 is 0. The Bertz CT molecular complexity index is 1760. The molecule has 2 fully saturated rings. The maximum atomic E-state index is 15.2. The first-order chi connectivity index (χ1) is 22.2. The van der Waals surface area contributed by atoms with Crippen LogP contribution < -0.4 is 0 Å². The monoisotopic (exact) mass is 650 g/mol. The van der Waals surface area contributed by atoms with Gasteiger partial charge in [-0.15, -0.1) is 0 Å². The molecule has 4 nitrogen and oxygen atoms in total. The summed E-state index contributed by atoms with van der Waals surface area (Å²) < 4.78 is 76.6. The van der Waals surface area contributed by atoms with E-state index in [2.05, 4.69) is 11.8 Å². The van der Waals surface area contributed by atoms with Gasteiger partial charge in [-0.1, -0.05) is 48.6 Å². The number of halogens is 5. The molecule has 0 spiro atoms. The first-order valence-corrected chi connectivity index (χ1v) is 15.8. The Hall–Kier alpha value is -4.03. The molecular weight excluding hydrogens is 615 g/mol. The van der Waals surface area contributed by atoms with E-state index in [4.69, 9.17) is 4.74 Å². The van der Waals surface area contributed by atoms with Crippen molar-refractivity contribution in [1.82, 2.24) is 0 Å². The van der Waals surface area contributed by atoms with E-state index in [0.717, 1.165) is 27.8 Å². The number of methoxy groups -OCH3 is 1. The van der Waals surface area contributed by atoms with E-state index in [1.807, 2.05) is 18.2 Å². The number of rotatable bonds is 4. The molecule has 6 rings (SSSR count). The molecule has 47 heavy (non-hydrogen) atoms. The second kappa shape index (κ2) is 11.9. The number of ether oxygens (including phenoxy) is 1. The lowest BCUT2D eigenvalue weighted by Crippen LogP contribution is -2.65. The maximum Gasteiger partial charge on any atom is 0.456 e. The zero-order valence-electron chi connectivity index (χ0n) is 26.1. The number of aliphatic hydroxyl groups is 1.